The van der Waals surface area contributed by atoms with Crippen LogP contribution in [0.3, 0.4) is 0 Å². The molecule has 4 aromatic rings. The summed E-state index contributed by atoms with van der Waals surface area (Å²) in [4.78, 5) is 33.7. The van der Waals surface area contributed by atoms with E-state index in [9.17, 15) is 9.59 Å². The van der Waals surface area contributed by atoms with Gasteiger partial charge in [0.15, 0.2) is 11.5 Å². The van der Waals surface area contributed by atoms with Crippen LogP contribution >= 0.6 is 22.9 Å². The maximum atomic E-state index is 12.4. The summed E-state index contributed by atoms with van der Waals surface area (Å²) in [6.07, 6.45) is 1.94. The molecule has 0 aliphatic carbocycles. The third kappa shape index (κ3) is 6.06. The highest BCUT2D eigenvalue weighted by atomic mass is 35.5. The van der Waals surface area contributed by atoms with Crippen molar-refractivity contribution < 1.29 is 14.3 Å². The largest absolute Gasteiger partial charge is 0.493 e. The fourth-order valence-corrected chi connectivity index (χ4v) is 4.36. The number of hydrogen-bond acceptors (Lipinski definition) is 7. The Morgan fingerprint density at radius 1 is 1.06 bits per heavy atom. The lowest BCUT2D eigenvalue weighted by Gasteiger charge is -2.08. The van der Waals surface area contributed by atoms with E-state index < -0.39 is 0 Å². The van der Waals surface area contributed by atoms with Crippen molar-refractivity contribution >= 4 is 28.8 Å². The summed E-state index contributed by atoms with van der Waals surface area (Å²) in [5, 5.41) is 6.25. The average Bonchev–Trinajstić information content (AvgIpc) is 3.34. The van der Waals surface area contributed by atoms with E-state index >= 15 is 0 Å². The number of rotatable bonds is 9. The summed E-state index contributed by atoms with van der Waals surface area (Å²) in [6, 6.07) is 14.1. The molecule has 0 aliphatic heterocycles. The average molecular weight is 511 g/mol. The topological polar surface area (TPSA) is 95.3 Å². The number of carbonyl (C=O) groups excluding carboxylic acids is 1. The molecule has 2 heterocycles. The van der Waals surface area contributed by atoms with Crippen LogP contribution in [-0.2, 0) is 17.8 Å². The SMILES string of the molecule is COc1ccc(-c2nc(CCNC(=O)Cn3cnc(-c4ccc(Cl)cc4)cc3=O)cs2)cc1OC. The predicted molar refractivity (Wildman–Crippen MR) is 136 cm³/mol. The summed E-state index contributed by atoms with van der Waals surface area (Å²) < 4.78 is 11.9. The number of hydrogen-bond donors (Lipinski definition) is 1. The fourth-order valence-electron chi connectivity index (χ4n) is 3.39. The quantitative estimate of drug-likeness (QED) is 0.365. The lowest BCUT2D eigenvalue weighted by atomic mass is 10.1. The van der Waals surface area contributed by atoms with Crippen molar-refractivity contribution in [1.29, 1.82) is 0 Å². The third-order valence-electron chi connectivity index (χ3n) is 5.22. The van der Waals surface area contributed by atoms with Gasteiger partial charge in [0.25, 0.3) is 5.56 Å². The summed E-state index contributed by atoms with van der Waals surface area (Å²) in [5.74, 6) is 1.02. The first-order valence-electron chi connectivity index (χ1n) is 10.7. The van der Waals surface area contributed by atoms with Crippen molar-refractivity contribution in [2.75, 3.05) is 20.8 Å². The molecule has 4 rings (SSSR count). The highest BCUT2D eigenvalue weighted by Crippen LogP contribution is 2.33. The number of nitrogens with one attached hydrogen (secondary N) is 1. The van der Waals surface area contributed by atoms with E-state index in [0.29, 0.717) is 35.2 Å². The zero-order valence-corrected chi connectivity index (χ0v) is 20.7. The van der Waals surface area contributed by atoms with Gasteiger partial charge in [0.05, 0.1) is 31.9 Å². The highest BCUT2D eigenvalue weighted by molar-refractivity contribution is 7.13. The number of amides is 1. The molecule has 1 N–H and O–H groups in total. The van der Waals surface area contributed by atoms with Gasteiger partial charge in [-0.3, -0.25) is 14.2 Å². The van der Waals surface area contributed by atoms with Gasteiger partial charge in [0, 0.05) is 40.6 Å². The molecule has 8 nitrogen and oxygen atoms in total. The molecule has 0 aliphatic rings. The predicted octanol–water partition coefficient (Wildman–Crippen LogP) is 4.06. The van der Waals surface area contributed by atoms with Crippen molar-refractivity contribution in [2.24, 2.45) is 0 Å². The molecular formula is C25H23ClN4O4S. The van der Waals surface area contributed by atoms with E-state index in [4.69, 9.17) is 21.1 Å². The Morgan fingerprint density at radius 3 is 2.51 bits per heavy atom. The number of benzene rings is 2. The zero-order valence-electron chi connectivity index (χ0n) is 19.2. The summed E-state index contributed by atoms with van der Waals surface area (Å²) in [5.41, 5.74) is 2.79. The third-order valence-corrected chi connectivity index (χ3v) is 6.41. The molecule has 0 spiro atoms. The Hall–Kier alpha value is -3.69. The number of aromatic nitrogens is 3. The number of carbonyl (C=O) groups is 1. The van der Waals surface area contributed by atoms with Crippen LogP contribution in [0.4, 0.5) is 0 Å². The second-order valence-electron chi connectivity index (χ2n) is 7.56. The van der Waals surface area contributed by atoms with Gasteiger partial charge in [-0.15, -0.1) is 11.3 Å². The van der Waals surface area contributed by atoms with Crippen LogP contribution in [0.1, 0.15) is 5.69 Å². The molecule has 180 valence electrons. The van der Waals surface area contributed by atoms with Gasteiger partial charge in [-0.05, 0) is 30.3 Å². The minimum Gasteiger partial charge on any atom is -0.493 e. The first kappa shape index (κ1) is 24.4. The molecule has 0 bridgehead atoms. The van der Waals surface area contributed by atoms with Crippen LogP contribution in [0.25, 0.3) is 21.8 Å². The van der Waals surface area contributed by atoms with Crippen LogP contribution in [-0.4, -0.2) is 41.2 Å². The van der Waals surface area contributed by atoms with Crippen molar-refractivity contribution in [3.63, 3.8) is 0 Å². The van der Waals surface area contributed by atoms with Crippen LogP contribution < -0.4 is 20.3 Å². The number of ether oxygens (including phenoxy) is 2. The minimum absolute atomic E-state index is 0.110. The standard InChI is InChI=1S/C25H23ClN4O4S/c1-33-21-8-5-17(11-22(21)34-2)25-29-19(14-35-25)9-10-27-23(31)13-30-15-28-20(12-24(30)32)16-3-6-18(26)7-4-16/h3-8,11-12,14-15H,9-10,13H2,1-2H3,(H,27,31). The number of halogens is 1. The first-order valence-corrected chi connectivity index (χ1v) is 12.0. The van der Waals surface area contributed by atoms with Crippen LogP contribution in [0.5, 0.6) is 11.5 Å². The molecule has 0 saturated carbocycles. The number of thiazole rings is 1. The Morgan fingerprint density at radius 2 is 1.80 bits per heavy atom. The summed E-state index contributed by atoms with van der Waals surface area (Å²) in [6.45, 7) is 0.291. The molecular weight excluding hydrogens is 488 g/mol. The van der Waals surface area contributed by atoms with Gasteiger partial charge in [-0.25, -0.2) is 9.97 Å². The van der Waals surface area contributed by atoms with E-state index in [0.717, 1.165) is 21.8 Å². The van der Waals surface area contributed by atoms with Crippen LogP contribution in [0.2, 0.25) is 5.02 Å². The minimum atomic E-state index is -0.306. The molecule has 0 radical (unpaired) electrons. The summed E-state index contributed by atoms with van der Waals surface area (Å²) >= 11 is 7.42. The van der Waals surface area contributed by atoms with Gasteiger partial charge < -0.3 is 14.8 Å². The molecule has 2 aromatic heterocycles. The maximum absolute atomic E-state index is 12.4. The second kappa shape index (κ2) is 11.2. The van der Waals surface area contributed by atoms with Gasteiger partial charge in [0.2, 0.25) is 5.91 Å². The van der Waals surface area contributed by atoms with Gasteiger partial charge in [0.1, 0.15) is 11.6 Å². The number of nitrogens with zero attached hydrogens (tertiary/aromatic N) is 3. The molecule has 0 unspecified atom stereocenters. The Labute approximate surface area is 211 Å². The Bertz CT molecular complexity index is 1380. The number of methoxy groups -OCH3 is 2. The molecule has 35 heavy (non-hydrogen) atoms. The Kier molecular flexibility index (Phi) is 7.79. The van der Waals surface area contributed by atoms with Gasteiger partial charge in [-0.1, -0.05) is 23.7 Å². The Balaban J connectivity index is 1.31. The zero-order chi connectivity index (χ0) is 24.8. The van der Waals surface area contributed by atoms with Gasteiger partial charge >= 0.3 is 0 Å². The molecule has 0 fully saturated rings. The van der Waals surface area contributed by atoms with Crippen LogP contribution in [0, 0.1) is 0 Å². The van der Waals surface area contributed by atoms with Crippen molar-refractivity contribution in [3.8, 4) is 33.3 Å². The smallest absolute Gasteiger partial charge is 0.254 e. The van der Waals surface area contributed by atoms with E-state index in [-0.39, 0.29) is 18.0 Å². The molecule has 0 saturated heterocycles. The monoisotopic (exact) mass is 510 g/mol. The molecule has 0 atom stereocenters. The lowest BCUT2D eigenvalue weighted by Crippen LogP contribution is -2.33. The summed E-state index contributed by atoms with van der Waals surface area (Å²) in [7, 11) is 3.19. The molecule has 10 heteroatoms. The first-order chi connectivity index (χ1) is 17.0. The van der Waals surface area contributed by atoms with E-state index in [1.165, 1.54) is 28.3 Å². The van der Waals surface area contributed by atoms with Crippen molar-refractivity contribution in [3.05, 3.63) is 81.3 Å². The van der Waals surface area contributed by atoms with Crippen LogP contribution in [0.15, 0.2) is 65.0 Å². The van der Waals surface area contributed by atoms with Crippen molar-refractivity contribution in [2.45, 2.75) is 13.0 Å². The highest BCUT2D eigenvalue weighted by Gasteiger charge is 2.11. The normalized spacial score (nSPS) is 10.7. The molecule has 2 aromatic carbocycles. The van der Waals surface area contributed by atoms with Gasteiger partial charge in [-0.2, -0.15) is 0 Å². The van der Waals surface area contributed by atoms with E-state index in [2.05, 4.69) is 15.3 Å². The second-order valence-corrected chi connectivity index (χ2v) is 8.86. The van der Waals surface area contributed by atoms with Crippen molar-refractivity contribution in [1.82, 2.24) is 19.9 Å². The van der Waals surface area contributed by atoms with E-state index in [1.807, 2.05) is 23.6 Å². The lowest BCUT2D eigenvalue weighted by molar-refractivity contribution is -0.121. The van der Waals surface area contributed by atoms with E-state index in [1.54, 1.807) is 38.5 Å². The molecule has 1 amide bonds. The fraction of sp³-hybridized carbons (Fsp3) is 0.200. The maximum Gasteiger partial charge on any atom is 0.254 e.